The van der Waals surface area contributed by atoms with E-state index < -0.39 is 37.0 Å². The number of ether oxygens (including phenoxy) is 1. The van der Waals surface area contributed by atoms with Crippen LogP contribution in [0.25, 0.3) is 0 Å². The third kappa shape index (κ3) is 4.58. The largest absolute Gasteiger partial charge is 0.450 e. The minimum Gasteiger partial charge on any atom is -0.450 e. The summed E-state index contributed by atoms with van der Waals surface area (Å²) in [6, 6.07) is 6.21. The smallest absolute Gasteiger partial charge is 0.411 e. The van der Waals surface area contributed by atoms with Crippen molar-refractivity contribution in [2.75, 3.05) is 28.2 Å². The van der Waals surface area contributed by atoms with Crippen LogP contribution in [0.3, 0.4) is 0 Å². The average Bonchev–Trinajstić information content (AvgIpc) is 2.82. The number of nitrogens with one attached hydrogen (secondary N) is 2. The van der Waals surface area contributed by atoms with Gasteiger partial charge in [-0.1, -0.05) is 12.1 Å². The van der Waals surface area contributed by atoms with E-state index in [0.29, 0.717) is 0 Å². The lowest BCUT2D eigenvalue weighted by atomic mass is 10.3. The number of sulfonamides is 1. The number of anilines is 2. The van der Waals surface area contributed by atoms with E-state index in [9.17, 15) is 21.6 Å². The molecular formula is C13H18N2O6S2. The molecule has 0 aromatic heterocycles. The van der Waals surface area contributed by atoms with Gasteiger partial charge < -0.3 is 4.74 Å². The highest BCUT2D eigenvalue weighted by Gasteiger charge is 2.37. The Morgan fingerprint density at radius 2 is 1.96 bits per heavy atom. The maximum Gasteiger partial charge on any atom is 0.411 e. The summed E-state index contributed by atoms with van der Waals surface area (Å²) in [5.74, 6) is -0.531. The Balaban J connectivity index is 2.18. The van der Waals surface area contributed by atoms with Crippen LogP contribution < -0.4 is 10.0 Å². The lowest BCUT2D eigenvalue weighted by molar-refractivity contribution is 0.168. The van der Waals surface area contributed by atoms with Crippen molar-refractivity contribution in [3.8, 4) is 0 Å². The van der Waals surface area contributed by atoms with E-state index >= 15 is 0 Å². The number of hydrogen-bond acceptors (Lipinski definition) is 6. The zero-order chi connectivity index (χ0) is 17.1. The van der Waals surface area contributed by atoms with Crippen molar-refractivity contribution in [1.29, 1.82) is 0 Å². The van der Waals surface area contributed by atoms with Gasteiger partial charge in [0.25, 0.3) is 0 Å². The van der Waals surface area contributed by atoms with Crippen LogP contribution in [0.15, 0.2) is 24.3 Å². The fourth-order valence-electron chi connectivity index (χ4n) is 2.20. The third-order valence-corrected chi connectivity index (χ3v) is 7.08. The quantitative estimate of drug-likeness (QED) is 0.812. The van der Waals surface area contributed by atoms with Crippen LogP contribution in [0.1, 0.15) is 13.3 Å². The summed E-state index contributed by atoms with van der Waals surface area (Å²) in [4.78, 5) is 11.5. The highest BCUT2D eigenvalue weighted by atomic mass is 32.2. The lowest BCUT2D eigenvalue weighted by Crippen LogP contribution is -2.29. The zero-order valence-electron chi connectivity index (χ0n) is 12.5. The van der Waals surface area contributed by atoms with Gasteiger partial charge in [0.15, 0.2) is 9.84 Å². The molecule has 0 bridgehead atoms. The summed E-state index contributed by atoms with van der Waals surface area (Å²) in [6.07, 6.45) is -0.645. The molecule has 1 amide bonds. The van der Waals surface area contributed by atoms with Gasteiger partial charge in [0.1, 0.15) is 0 Å². The Morgan fingerprint density at radius 3 is 2.52 bits per heavy atom. The summed E-state index contributed by atoms with van der Waals surface area (Å²) in [5.41, 5.74) is 0.389. The van der Waals surface area contributed by atoms with E-state index in [4.69, 9.17) is 4.74 Å². The molecule has 0 radical (unpaired) electrons. The number of amides is 1. The Bertz CT molecular complexity index is 788. The number of rotatable bonds is 5. The molecule has 23 heavy (non-hydrogen) atoms. The van der Waals surface area contributed by atoms with E-state index in [2.05, 4.69) is 10.0 Å². The number of hydrogen-bond donors (Lipinski definition) is 2. The van der Waals surface area contributed by atoms with Crippen molar-refractivity contribution in [1.82, 2.24) is 0 Å². The Morgan fingerprint density at radius 1 is 1.30 bits per heavy atom. The van der Waals surface area contributed by atoms with Gasteiger partial charge >= 0.3 is 6.09 Å². The second-order valence-electron chi connectivity index (χ2n) is 5.06. The van der Waals surface area contributed by atoms with E-state index in [1.165, 1.54) is 12.1 Å². The first-order valence-electron chi connectivity index (χ1n) is 6.98. The molecule has 1 fully saturated rings. The number of benzene rings is 1. The molecule has 1 aromatic rings. The predicted molar refractivity (Wildman–Crippen MR) is 86.7 cm³/mol. The summed E-state index contributed by atoms with van der Waals surface area (Å²) in [7, 11) is -7.19. The van der Waals surface area contributed by atoms with Gasteiger partial charge in [-0.2, -0.15) is 0 Å². The van der Waals surface area contributed by atoms with Crippen LogP contribution in [0.4, 0.5) is 16.2 Å². The first kappa shape index (κ1) is 17.5. The van der Waals surface area contributed by atoms with Gasteiger partial charge in [-0.05, 0) is 25.5 Å². The maximum absolute atomic E-state index is 12.3. The second-order valence-corrected chi connectivity index (χ2v) is 9.25. The SMILES string of the molecule is CCOC(=O)Nc1ccccc1NS(=O)(=O)C1CCS(=O)(=O)C1. The molecule has 1 heterocycles. The topological polar surface area (TPSA) is 119 Å². The van der Waals surface area contributed by atoms with E-state index in [-0.39, 0.29) is 30.2 Å². The molecule has 1 atom stereocenters. The zero-order valence-corrected chi connectivity index (χ0v) is 14.1. The third-order valence-electron chi connectivity index (χ3n) is 3.32. The van der Waals surface area contributed by atoms with Crippen LogP contribution in [-0.2, 0) is 24.6 Å². The van der Waals surface area contributed by atoms with Crippen molar-refractivity contribution >= 4 is 37.3 Å². The van der Waals surface area contributed by atoms with Gasteiger partial charge in [-0.15, -0.1) is 0 Å². The fraction of sp³-hybridized carbons (Fsp3) is 0.462. The molecule has 0 aliphatic carbocycles. The van der Waals surface area contributed by atoms with Crippen LogP contribution >= 0.6 is 0 Å². The molecule has 0 saturated carbocycles. The van der Waals surface area contributed by atoms with Gasteiger partial charge in [-0.25, -0.2) is 21.6 Å². The highest BCUT2D eigenvalue weighted by molar-refractivity contribution is 7.97. The van der Waals surface area contributed by atoms with Crippen LogP contribution in [0.2, 0.25) is 0 Å². The summed E-state index contributed by atoms with van der Waals surface area (Å²) < 4.78 is 54.7. The van der Waals surface area contributed by atoms with E-state index in [1.54, 1.807) is 19.1 Å². The molecule has 2 rings (SSSR count). The molecule has 2 N–H and O–H groups in total. The fourth-order valence-corrected chi connectivity index (χ4v) is 6.31. The standard InChI is InChI=1S/C13H18N2O6S2/c1-2-21-13(16)14-11-5-3-4-6-12(11)15-23(19,20)10-7-8-22(17,18)9-10/h3-6,10,15H,2,7-9H2,1H3,(H,14,16). The molecule has 1 aromatic carbocycles. The predicted octanol–water partition coefficient (Wildman–Crippen LogP) is 1.18. The monoisotopic (exact) mass is 362 g/mol. The molecule has 1 aliphatic rings. The highest BCUT2D eigenvalue weighted by Crippen LogP contribution is 2.26. The molecule has 128 valence electrons. The number of carbonyl (C=O) groups excluding carboxylic acids is 1. The lowest BCUT2D eigenvalue weighted by Gasteiger charge is -2.16. The molecule has 1 unspecified atom stereocenters. The summed E-state index contributed by atoms with van der Waals surface area (Å²) in [6.45, 7) is 1.83. The molecule has 8 nitrogen and oxygen atoms in total. The Kier molecular flexibility index (Phi) is 5.15. The van der Waals surface area contributed by atoms with Crippen LogP contribution in [-0.4, -0.2) is 46.3 Å². The molecular weight excluding hydrogens is 344 g/mol. The first-order valence-corrected chi connectivity index (χ1v) is 10.3. The number of para-hydroxylation sites is 2. The van der Waals surface area contributed by atoms with Gasteiger partial charge in [0.2, 0.25) is 10.0 Å². The van der Waals surface area contributed by atoms with Gasteiger partial charge in [0, 0.05) is 0 Å². The van der Waals surface area contributed by atoms with E-state index in [0.717, 1.165) is 0 Å². The normalized spacial score (nSPS) is 20.0. The Hall–Kier alpha value is -1.81. The minimum atomic E-state index is -3.88. The molecule has 0 spiro atoms. The number of sulfone groups is 1. The molecule has 1 aliphatic heterocycles. The molecule has 1 saturated heterocycles. The number of carbonyl (C=O) groups is 1. The van der Waals surface area contributed by atoms with Crippen LogP contribution in [0, 0.1) is 0 Å². The maximum atomic E-state index is 12.3. The molecule has 10 heteroatoms. The Labute approximate surface area is 135 Å². The summed E-state index contributed by atoms with van der Waals surface area (Å²) in [5, 5.41) is 1.44. The van der Waals surface area contributed by atoms with Crippen molar-refractivity contribution in [2.24, 2.45) is 0 Å². The van der Waals surface area contributed by atoms with Crippen molar-refractivity contribution < 1.29 is 26.4 Å². The summed E-state index contributed by atoms with van der Waals surface area (Å²) >= 11 is 0. The van der Waals surface area contributed by atoms with Crippen molar-refractivity contribution in [3.63, 3.8) is 0 Å². The van der Waals surface area contributed by atoms with Crippen LogP contribution in [0.5, 0.6) is 0 Å². The second kappa shape index (κ2) is 6.75. The van der Waals surface area contributed by atoms with E-state index in [1.807, 2.05) is 0 Å². The first-order chi connectivity index (χ1) is 10.7. The van der Waals surface area contributed by atoms with Crippen molar-refractivity contribution in [2.45, 2.75) is 18.6 Å². The average molecular weight is 362 g/mol. The van der Waals surface area contributed by atoms with Crippen molar-refractivity contribution in [3.05, 3.63) is 24.3 Å². The minimum absolute atomic E-state index is 0.0607. The van der Waals surface area contributed by atoms with Gasteiger partial charge in [-0.3, -0.25) is 10.0 Å². The van der Waals surface area contributed by atoms with Gasteiger partial charge in [0.05, 0.1) is 34.7 Å².